The predicted octanol–water partition coefficient (Wildman–Crippen LogP) is 6.71. The third-order valence-electron chi connectivity index (χ3n) is 6.88. The van der Waals surface area contributed by atoms with Crippen LogP contribution in [0.5, 0.6) is 0 Å². The van der Waals surface area contributed by atoms with Crippen molar-refractivity contribution in [2.24, 2.45) is 0 Å². The second-order valence-corrected chi connectivity index (χ2v) is 10.2. The van der Waals surface area contributed by atoms with Gasteiger partial charge in [0.05, 0.1) is 0 Å². The topological polar surface area (TPSA) is 9.72 Å². The average Bonchev–Trinajstić information content (AvgIpc) is 2.84. The quantitative estimate of drug-likeness (QED) is 0.412. The summed E-state index contributed by atoms with van der Waals surface area (Å²) in [5, 5.41) is 0. The maximum atomic E-state index is 2.46. The van der Waals surface area contributed by atoms with E-state index in [2.05, 4.69) is 149 Å². The SMILES string of the molecule is CN(C)c1ccc(C2=CC(C)(c3ccc(N(C)C)cc3)CC(c3ccc(N(C)C)cc3)=C2)cc1. The summed E-state index contributed by atoms with van der Waals surface area (Å²) in [6.07, 6.45) is 5.81. The second-order valence-electron chi connectivity index (χ2n) is 10.2. The molecule has 4 rings (SSSR count). The number of hydrogen-bond donors (Lipinski definition) is 0. The van der Waals surface area contributed by atoms with Crippen molar-refractivity contribution in [2.45, 2.75) is 18.8 Å². The van der Waals surface area contributed by atoms with Gasteiger partial charge in [-0.3, -0.25) is 0 Å². The fraction of sp³-hybridized carbons (Fsp3) is 0.290. The Morgan fingerprint density at radius 3 is 1.41 bits per heavy atom. The molecule has 3 aromatic rings. The van der Waals surface area contributed by atoms with Crippen molar-refractivity contribution in [1.82, 2.24) is 0 Å². The smallest absolute Gasteiger partial charge is 0.0361 e. The molecule has 0 aromatic heterocycles. The lowest BCUT2D eigenvalue weighted by Gasteiger charge is -2.33. The summed E-state index contributed by atoms with van der Waals surface area (Å²) in [5.74, 6) is 0. The van der Waals surface area contributed by atoms with Crippen LogP contribution in [-0.4, -0.2) is 42.3 Å². The molecule has 1 unspecified atom stereocenters. The number of hydrogen-bond acceptors (Lipinski definition) is 3. The van der Waals surface area contributed by atoms with Crippen molar-refractivity contribution >= 4 is 28.2 Å². The van der Waals surface area contributed by atoms with Gasteiger partial charge in [0.15, 0.2) is 0 Å². The summed E-state index contributed by atoms with van der Waals surface area (Å²) < 4.78 is 0. The number of anilines is 3. The van der Waals surface area contributed by atoms with Crippen LogP contribution >= 0.6 is 0 Å². The molecule has 1 aliphatic rings. The van der Waals surface area contributed by atoms with Crippen LogP contribution < -0.4 is 14.7 Å². The van der Waals surface area contributed by atoms with Gasteiger partial charge in [-0.25, -0.2) is 0 Å². The highest BCUT2D eigenvalue weighted by molar-refractivity contribution is 5.88. The molecule has 0 N–H and O–H groups in total. The van der Waals surface area contributed by atoms with E-state index < -0.39 is 0 Å². The summed E-state index contributed by atoms with van der Waals surface area (Å²) in [4.78, 5) is 6.44. The Kier molecular flexibility index (Phi) is 6.56. The second kappa shape index (κ2) is 9.42. The van der Waals surface area contributed by atoms with Crippen LogP contribution in [0.1, 0.15) is 30.0 Å². The summed E-state index contributed by atoms with van der Waals surface area (Å²) in [7, 11) is 12.5. The molecule has 1 aliphatic carbocycles. The van der Waals surface area contributed by atoms with Crippen molar-refractivity contribution in [2.75, 3.05) is 57.0 Å². The average molecular weight is 452 g/mol. The lowest BCUT2D eigenvalue weighted by molar-refractivity contribution is 0.611. The van der Waals surface area contributed by atoms with Crippen LogP contribution in [0, 0.1) is 0 Å². The zero-order chi connectivity index (χ0) is 24.5. The van der Waals surface area contributed by atoms with E-state index in [0.717, 1.165) is 6.42 Å². The molecule has 1 atom stereocenters. The molecule has 34 heavy (non-hydrogen) atoms. The van der Waals surface area contributed by atoms with Gasteiger partial charge in [0, 0.05) is 64.8 Å². The normalized spacial score (nSPS) is 17.6. The highest BCUT2D eigenvalue weighted by Gasteiger charge is 2.30. The first-order chi connectivity index (χ1) is 16.2. The van der Waals surface area contributed by atoms with E-state index in [9.17, 15) is 0 Å². The first-order valence-electron chi connectivity index (χ1n) is 11.9. The largest absolute Gasteiger partial charge is 0.378 e. The van der Waals surface area contributed by atoms with Gasteiger partial charge >= 0.3 is 0 Å². The number of benzene rings is 3. The van der Waals surface area contributed by atoms with Crippen molar-refractivity contribution in [3.63, 3.8) is 0 Å². The molecule has 0 heterocycles. The molecule has 0 bridgehead atoms. The Labute approximate surface area is 205 Å². The van der Waals surface area contributed by atoms with Gasteiger partial charge in [0.2, 0.25) is 0 Å². The Morgan fingerprint density at radius 1 is 0.559 bits per heavy atom. The minimum absolute atomic E-state index is 0.0926. The molecular formula is C31H37N3. The van der Waals surface area contributed by atoms with E-state index >= 15 is 0 Å². The number of allylic oxidation sites excluding steroid dienone is 4. The Balaban J connectivity index is 1.78. The van der Waals surface area contributed by atoms with E-state index in [0.29, 0.717) is 0 Å². The maximum absolute atomic E-state index is 2.46. The molecule has 0 saturated heterocycles. The molecule has 0 aliphatic heterocycles. The molecule has 176 valence electrons. The van der Waals surface area contributed by atoms with E-state index in [1.54, 1.807) is 0 Å². The molecule has 0 spiro atoms. The Hall–Kier alpha value is -3.46. The van der Waals surface area contributed by atoms with Crippen molar-refractivity contribution in [3.05, 3.63) is 102 Å². The lowest BCUT2D eigenvalue weighted by Crippen LogP contribution is -2.23. The molecule has 0 amide bonds. The summed E-state index contributed by atoms with van der Waals surface area (Å²) in [5.41, 5.74) is 10.1. The summed E-state index contributed by atoms with van der Waals surface area (Å²) >= 11 is 0. The van der Waals surface area contributed by atoms with Gasteiger partial charge in [-0.1, -0.05) is 55.5 Å². The third kappa shape index (κ3) is 4.89. The Bertz CT molecular complexity index is 1180. The zero-order valence-electron chi connectivity index (χ0n) is 21.6. The molecule has 3 nitrogen and oxygen atoms in total. The van der Waals surface area contributed by atoms with Gasteiger partial charge in [-0.2, -0.15) is 0 Å². The van der Waals surface area contributed by atoms with E-state index in [1.807, 2.05) is 0 Å². The van der Waals surface area contributed by atoms with Crippen molar-refractivity contribution < 1.29 is 0 Å². The van der Waals surface area contributed by atoms with Crippen LogP contribution in [0.4, 0.5) is 17.1 Å². The molecule has 0 radical (unpaired) electrons. The standard InChI is InChI=1S/C31H37N3/c1-31(27-12-18-30(19-13-27)34(6)7)21-25(23-8-14-28(15-9-23)32(2)3)20-26(22-31)24-10-16-29(17-11-24)33(4)5/h8-21H,22H2,1-7H3. The van der Waals surface area contributed by atoms with Gasteiger partial charge < -0.3 is 14.7 Å². The first-order valence-corrected chi connectivity index (χ1v) is 11.9. The fourth-order valence-corrected chi connectivity index (χ4v) is 4.67. The first kappa shape index (κ1) is 23.7. The molecule has 0 fully saturated rings. The minimum atomic E-state index is -0.0926. The monoisotopic (exact) mass is 451 g/mol. The van der Waals surface area contributed by atoms with Crippen molar-refractivity contribution in [3.8, 4) is 0 Å². The number of rotatable bonds is 6. The van der Waals surface area contributed by atoms with E-state index in [-0.39, 0.29) is 5.41 Å². The molecule has 0 saturated carbocycles. The van der Waals surface area contributed by atoms with Crippen LogP contribution in [-0.2, 0) is 5.41 Å². The van der Waals surface area contributed by atoms with Crippen LogP contribution in [0.15, 0.2) is 84.9 Å². The zero-order valence-corrected chi connectivity index (χ0v) is 21.6. The van der Waals surface area contributed by atoms with Gasteiger partial charge in [0.1, 0.15) is 0 Å². The molecule has 3 heteroatoms. The summed E-state index contributed by atoms with van der Waals surface area (Å²) in [6.45, 7) is 2.37. The minimum Gasteiger partial charge on any atom is -0.378 e. The molecule has 3 aromatic carbocycles. The molecular weight excluding hydrogens is 414 g/mol. The fourth-order valence-electron chi connectivity index (χ4n) is 4.67. The summed E-state index contributed by atoms with van der Waals surface area (Å²) in [6, 6.07) is 26.9. The Morgan fingerprint density at radius 2 is 0.971 bits per heavy atom. The van der Waals surface area contributed by atoms with E-state index in [4.69, 9.17) is 0 Å². The highest BCUT2D eigenvalue weighted by atomic mass is 15.1. The van der Waals surface area contributed by atoms with E-state index in [1.165, 1.54) is 44.9 Å². The highest BCUT2D eigenvalue weighted by Crippen LogP contribution is 2.43. The van der Waals surface area contributed by atoms with Crippen LogP contribution in [0.25, 0.3) is 11.1 Å². The van der Waals surface area contributed by atoms with Gasteiger partial charge in [-0.15, -0.1) is 0 Å². The van der Waals surface area contributed by atoms with Crippen molar-refractivity contribution in [1.29, 1.82) is 0 Å². The third-order valence-corrected chi connectivity index (χ3v) is 6.88. The van der Waals surface area contributed by atoms with Crippen LogP contribution in [0.3, 0.4) is 0 Å². The predicted molar refractivity (Wildman–Crippen MR) is 150 cm³/mol. The number of nitrogens with zero attached hydrogens (tertiary/aromatic N) is 3. The van der Waals surface area contributed by atoms with Crippen LogP contribution in [0.2, 0.25) is 0 Å². The van der Waals surface area contributed by atoms with Gasteiger partial charge in [-0.05, 0) is 70.7 Å². The lowest BCUT2D eigenvalue weighted by atomic mass is 9.71. The maximum Gasteiger partial charge on any atom is 0.0361 e. The van der Waals surface area contributed by atoms with Gasteiger partial charge in [0.25, 0.3) is 0 Å².